The van der Waals surface area contributed by atoms with Crippen molar-refractivity contribution in [1.29, 1.82) is 0 Å². The number of likely N-dealkylation sites (tertiary alicyclic amines) is 1. The summed E-state index contributed by atoms with van der Waals surface area (Å²) in [7, 11) is 0. The molecule has 0 spiro atoms. The lowest BCUT2D eigenvalue weighted by Crippen LogP contribution is -2.48. The summed E-state index contributed by atoms with van der Waals surface area (Å²) in [6.45, 7) is 3.22. The van der Waals surface area contributed by atoms with E-state index in [0.717, 1.165) is 39.1 Å². The highest BCUT2D eigenvalue weighted by Crippen LogP contribution is 2.47. The van der Waals surface area contributed by atoms with E-state index < -0.39 is 0 Å². The zero-order valence-corrected chi connectivity index (χ0v) is 11.9. The van der Waals surface area contributed by atoms with Gasteiger partial charge in [0.1, 0.15) is 0 Å². The maximum Gasteiger partial charge on any atom is 0.239 e. The molecule has 112 valence electrons. The molecular formula is C15H24N2O3. The number of amides is 1. The van der Waals surface area contributed by atoms with Gasteiger partial charge in [-0.3, -0.25) is 4.79 Å². The number of nitrogens with two attached hydrogens (primary N) is 1. The number of carbonyl (C=O) groups is 1. The Balaban J connectivity index is 1.40. The summed E-state index contributed by atoms with van der Waals surface area (Å²) >= 11 is 0. The molecule has 0 radical (unpaired) electrons. The minimum absolute atomic E-state index is 0.158. The number of ether oxygens (including phenoxy) is 2. The van der Waals surface area contributed by atoms with Crippen molar-refractivity contribution in [3.05, 3.63) is 0 Å². The third-order valence-electron chi connectivity index (χ3n) is 5.82. The van der Waals surface area contributed by atoms with Crippen molar-refractivity contribution >= 4 is 5.91 Å². The Labute approximate surface area is 119 Å². The van der Waals surface area contributed by atoms with Gasteiger partial charge in [0, 0.05) is 38.1 Å². The largest absolute Gasteiger partial charge is 0.381 e. The molecule has 4 fully saturated rings. The summed E-state index contributed by atoms with van der Waals surface area (Å²) in [4.78, 5) is 14.6. The molecule has 4 aliphatic rings. The molecule has 20 heavy (non-hydrogen) atoms. The molecule has 1 amide bonds. The molecule has 0 saturated carbocycles. The van der Waals surface area contributed by atoms with Crippen LogP contribution in [0.15, 0.2) is 0 Å². The molecule has 0 aromatic heterocycles. The second-order valence-corrected chi connectivity index (χ2v) is 6.84. The number of fused-ring (bicyclic) bond motifs is 5. The van der Waals surface area contributed by atoms with Crippen LogP contribution < -0.4 is 5.73 Å². The number of carbonyl (C=O) groups excluding carboxylic acids is 1. The maximum atomic E-state index is 12.6. The standard InChI is InChI=1S/C15H24N2O3/c16-14(9-3-5-19-6-4-9)15(18)17-7-10-11(8-17)13-2-1-12(10)20-13/h9-14H,1-8,16H2. The summed E-state index contributed by atoms with van der Waals surface area (Å²) in [6, 6.07) is -0.337. The van der Waals surface area contributed by atoms with Crippen LogP contribution in [0, 0.1) is 17.8 Å². The minimum Gasteiger partial charge on any atom is -0.381 e. The van der Waals surface area contributed by atoms with E-state index in [0.29, 0.717) is 30.0 Å². The second kappa shape index (κ2) is 4.97. The third-order valence-corrected chi connectivity index (χ3v) is 5.82. The van der Waals surface area contributed by atoms with Crippen molar-refractivity contribution in [2.24, 2.45) is 23.5 Å². The van der Waals surface area contributed by atoms with E-state index in [1.54, 1.807) is 0 Å². The Hall–Kier alpha value is -0.650. The number of hydrogen-bond donors (Lipinski definition) is 1. The fraction of sp³-hybridized carbons (Fsp3) is 0.933. The van der Waals surface area contributed by atoms with Crippen molar-refractivity contribution in [1.82, 2.24) is 4.90 Å². The molecule has 0 aliphatic carbocycles. The lowest BCUT2D eigenvalue weighted by molar-refractivity contribution is -0.134. The maximum absolute atomic E-state index is 12.6. The van der Waals surface area contributed by atoms with E-state index in [1.807, 2.05) is 4.90 Å². The molecule has 0 aromatic carbocycles. The highest BCUT2D eigenvalue weighted by Gasteiger charge is 2.54. The van der Waals surface area contributed by atoms with Gasteiger partial charge in [-0.1, -0.05) is 0 Å². The van der Waals surface area contributed by atoms with Crippen LogP contribution in [0.4, 0.5) is 0 Å². The quantitative estimate of drug-likeness (QED) is 0.794. The van der Waals surface area contributed by atoms with Gasteiger partial charge in [-0.05, 0) is 31.6 Å². The molecule has 5 nitrogen and oxygen atoms in total. The monoisotopic (exact) mass is 280 g/mol. The highest BCUT2D eigenvalue weighted by atomic mass is 16.5. The van der Waals surface area contributed by atoms with E-state index in [9.17, 15) is 4.79 Å². The van der Waals surface area contributed by atoms with Crippen LogP contribution in [0.1, 0.15) is 25.7 Å². The zero-order valence-electron chi connectivity index (χ0n) is 11.9. The lowest BCUT2D eigenvalue weighted by atomic mass is 9.82. The van der Waals surface area contributed by atoms with Crippen LogP contribution in [-0.2, 0) is 14.3 Å². The Morgan fingerprint density at radius 2 is 1.65 bits per heavy atom. The average molecular weight is 280 g/mol. The van der Waals surface area contributed by atoms with Crippen LogP contribution in [0.5, 0.6) is 0 Å². The lowest BCUT2D eigenvalue weighted by Gasteiger charge is -2.30. The number of nitrogens with zero attached hydrogens (tertiary/aromatic N) is 1. The van der Waals surface area contributed by atoms with E-state index in [2.05, 4.69) is 0 Å². The van der Waals surface area contributed by atoms with Crippen molar-refractivity contribution in [2.45, 2.75) is 43.9 Å². The fourth-order valence-electron chi connectivity index (χ4n) is 4.63. The van der Waals surface area contributed by atoms with Crippen LogP contribution in [-0.4, -0.2) is 55.4 Å². The molecule has 5 heteroatoms. The predicted molar refractivity (Wildman–Crippen MR) is 73.0 cm³/mol. The first-order chi connectivity index (χ1) is 9.74. The van der Waals surface area contributed by atoms with Gasteiger partial charge in [-0.25, -0.2) is 0 Å². The summed E-state index contributed by atoms with van der Waals surface area (Å²) in [5.74, 6) is 1.59. The summed E-state index contributed by atoms with van der Waals surface area (Å²) in [6.07, 6.45) is 5.01. The number of rotatable bonds is 2. The Morgan fingerprint density at radius 1 is 1.05 bits per heavy atom. The van der Waals surface area contributed by atoms with Gasteiger partial charge in [0.05, 0.1) is 18.2 Å². The summed E-state index contributed by atoms with van der Waals surface area (Å²) < 4.78 is 11.3. The second-order valence-electron chi connectivity index (χ2n) is 6.84. The van der Waals surface area contributed by atoms with Crippen molar-refractivity contribution < 1.29 is 14.3 Å². The Morgan fingerprint density at radius 3 is 2.25 bits per heavy atom. The molecular weight excluding hydrogens is 256 g/mol. The molecule has 4 aliphatic heterocycles. The first kappa shape index (κ1) is 13.0. The molecule has 5 unspecified atom stereocenters. The average Bonchev–Trinajstić information content (AvgIpc) is 3.18. The van der Waals surface area contributed by atoms with Gasteiger partial charge in [0.25, 0.3) is 0 Å². The molecule has 2 N–H and O–H groups in total. The molecule has 0 aromatic rings. The summed E-state index contributed by atoms with van der Waals surface area (Å²) in [5.41, 5.74) is 6.23. The topological polar surface area (TPSA) is 64.8 Å². The van der Waals surface area contributed by atoms with E-state index in [1.165, 1.54) is 12.8 Å². The van der Waals surface area contributed by atoms with Crippen LogP contribution in [0.2, 0.25) is 0 Å². The van der Waals surface area contributed by atoms with Crippen molar-refractivity contribution in [3.8, 4) is 0 Å². The molecule has 4 rings (SSSR count). The minimum atomic E-state index is -0.337. The van der Waals surface area contributed by atoms with Gasteiger partial charge < -0.3 is 20.1 Å². The SMILES string of the molecule is NC(C(=O)N1CC2C3CCC(O3)C2C1)C1CCOCC1. The summed E-state index contributed by atoms with van der Waals surface area (Å²) in [5, 5.41) is 0. The first-order valence-electron chi connectivity index (χ1n) is 8.01. The van der Waals surface area contributed by atoms with Crippen molar-refractivity contribution in [3.63, 3.8) is 0 Å². The smallest absolute Gasteiger partial charge is 0.239 e. The van der Waals surface area contributed by atoms with Gasteiger partial charge in [-0.15, -0.1) is 0 Å². The van der Waals surface area contributed by atoms with Gasteiger partial charge in [0.2, 0.25) is 5.91 Å². The molecule has 4 saturated heterocycles. The van der Waals surface area contributed by atoms with E-state index in [4.69, 9.17) is 15.2 Å². The van der Waals surface area contributed by atoms with Crippen LogP contribution in [0.3, 0.4) is 0 Å². The first-order valence-corrected chi connectivity index (χ1v) is 8.01. The van der Waals surface area contributed by atoms with E-state index in [-0.39, 0.29) is 11.9 Å². The van der Waals surface area contributed by atoms with Gasteiger partial charge in [0.15, 0.2) is 0 Å². The predicted octanol–water partition coefficient (Wildman–Crippen LogP) is 0.376. The molecule has 2 bridgehead atoms. The normalized spacial score (nSPS) is 42.0. The van der Waals surface area contributed by atoms with Crippen LogP contribution in [0.25, 0.3) is 0 Å². The Bertz CT molecular complexity index is 379. The molecule has 5 atom stereocenters. The Kier molecular flexibility index (Phi) is 3.24. The molecule has 4 heterocycles. The van der Waals surface area contributed by atoms with Gasteiger partial charge >= 0.3 is 0 Å². The van der Waals surface area contributed by atoms with Crippen LogP contribution >= 0.6 is 0 Å². The van der Waals surface area contributed by atoms with Crippen molar-refractivity contribution in [2.75, 3.05) is 26.3 Å². The highest BCUT2D eigenvalue weighted by molar-refractivity contribution is 5.82. The zero-order chi connectivity index (χ0) is 13.7. The third kappa shape index (κ3) is 1.98. The number of hydrogen-bond acceptors (Lipinski definition) is 4. The van der Waals surface area contributed by atoms with E-state index >= 15 is 0 Å². The fourth-order valence-corrected chi connectivity index (χ4v) is 4.63. The van der Waals surface area contributed by atoms with Gasteiger partial charge in [-0.2, -0.15) is 0 Å².